The van der Waals surface area contributed by atoms with Crippen LogP contribution in [-0.2, 0) is 4.74 Å². The molecule has 0 aromatic heterocycles. The molecule has 0 saturated carbocycles. The van der Waals surface area contributed by atoms with Gasteiger partial charge in [-0.05, 0) is 40.5 Å². The molecule has 0 aromatic rings. The second-order valence-corrected chi connectivity index (χ2v) is 7.10. The highest BCUT2D eigenvalue weighted by Gasteiger charge is 2.41. The first kappa shape index (κ1) is 14.6. The van der Waals surface area contributed by atoms with Crippen LogP contribution in [-0.4, -0.2) is 64.4 Å². The van der Waals surface area contributed by atoms with Crippen LogP contribution in [0.15, 0.2) is 0 Å². The number of ether oxygens (including phenoxy) is 1. The molecule has 0 atom stereocenters. The van der Waals surface area contributed by atoms with Crippen molar-refractivity contribution in [2.24, 2.45) is 0 Å². The zero-order valence-corrected chi connectivity index (χ0v) is 12.5. The maximum Gasteiger partial charge on any atom is 0.410 e. The van der Waals surface area contributed by atoms with Crippen LogP contribution in [0, 0.1) is 0 Å². The third-order valence-corrected chi connectivity index (χ3v) is 3.72. The summed E-state index contributed by atoms with van der Waals surface area (Å²) in [6, 6.07) is 0.499. The largest absolute Gasteiger partial charge is 0.444 e. The maximum atomic E-state index is 11.9. The third kappa shape index (κ3) is 3.83. The lowest BCUT2D eigenvalue weighted by Crippen LogP contribution is -2.64. The van der Waals surface area contributed by atoms with E-state index in [4.69, 9.17) is 4.74 Å². The normalized spacial score (nSPS) is 25.0. The fourth-order valence-corrected chi connectivity index (χ4v) is 2.83. The Balaban J connectivity index is 1.75. The predicted molar refractivity (Wildman–Crippen MR) is 73.0 cm³/mol. The summed E-state index contributed by atoms with van der Waals surface area (Å²) in [4.78, 5) is 16.0. The van der Waals surface area contributed by atoms with Crippen molar-refractivity contribution in [3.63, 3.8) is 0 Å². The van der Waals surface area contributed by atoms with Crippen molar-refractivity contribution in [2.45, 2.75) is 57.8 Å². The van der Waals surface area contributed by atoms with Gasteiger partial charge in [-0.25, -0.2) is 4.79 Å². The van der Waals surface area contributed by atoms with Crippen LogP contribution in [0.3, 0.4) is 0 Å². The molecular weight excluding hydrogens is 244 g/mol. The summed E-state index contributed by atoms with van der Waals surface area (Å²) in [5.74, 6) is 0. The summed E-state index contributed by atoms with van der Waals surface area (Å²) in [5.41, 5.74) is -0.938. The second-order valence-electron chi connectivity index (χ2n) is 7.10. The average Bonchev–Trinajstić information content (AvgIpc) is 2.23. The van der Waals surface area contributed by atoms with E-state index in [2.05, 4.69) is 4.90 Å². The molecule has 2 aliphatic rings. The highest BCUT2D eigenvalue weighted by molar-refractivity contribution is 5.68. The zero-order valence-electron chi connectivity index (χ0n) is 12.5. The van der Waals surface area contributed by atoms with Crippen LogP contribution >= 0.6 is 0 Å². The minimum absolute atomic E-state index is 0.207. The van der Waals surface area contributed by atoms with Crippen molar-refractivity contribution in [3.8, 4) is 0 Å². The van der Waals surface area contributed by atoms with Crippen molar-refractivity contribution >= 4 is 6.09 Å². The minimum atomic E-state index is -0.512. The maximum absolute atomic E-state index is 11.9. The molecule has 1 N–H and O–H groups in total. The third-order valence-electron chi connectivity index (χ3n) is 3.72. The van der Waals surface area contributed by atoms with Crippen LogP contribution < -0.4 is 0 Å². The van der Waals surface area contributed by atoms with E-state index in [9.17, 15) is 9.90 Å². The van der Waals surface area contributed by atoms with E-state index in [1.165, 1.54) is 0 Å². The summed E-state index contributed by atoms with van der Waals surface area (Å²) in [5, 5.41) is 9.76. The molecule has 2 heterocycles. The number of rotatable bonds is 1. The number of aliphatic hydroxyl groups is 1. The molecule has 2 saturated heterocycles. The Bertz CT molecular complexity index is 333. The molecular formula is C14H26N2O3. The van der Waals surface area contributed by atoms with Crippen LogP contribution in [0.25, 0.3) is 0 Å². The predicted octanol–water partition coefficient (Wildman–Crippen LogP) is 1.45. The SMILES string of the molecule is CC1(O)CN(C2CCN(C(=O)OC(C)(C)C)CC2)C1. The Labute approximate surface area is 115 Å². The number of hydrogen-bond acceptors (Lipinski definition) is 4. The molecule has 0 aromatic carbocycles. The van der Waals surface area contributed by atoms with E-state index in [0.29, 0.717) is 6.04 Å². The van der Waals surface area contributed by atoms with Gasteiger partial charge in [0.05, 0.1) is 5.60 Å². The molecule has 0 aliphatic carbocycles. The summed E-state index contributed by atoms with van der Waals surface area (Å²) in [7, 11) is 0. The van der Waals surface area contributed by atoms with Gasteiger partial charge >= 0.3 is 6.09 Å². The van der Waals surface area contributed by atoms with Crippen molar-refractivity contribution in [1.82, 2.24) is 9.80 Å². The smallest absolute Gasteiger partial charge is 0.410 e. The lowest BCUT2D eigenvalue weighted by molar-refractivity contribution is -0.110. The Morgan fingerprint density at radius 2 is 1.79 bits per heavy atom. The van der Waals surface area contributed by atoms with Crippen molar-refractivity contribution in [1.29, 1.82) is 0 Å². The molecule has 0 radical (unpaired) electrons. The lowest BCUT2D eigenvalue weighted by atomic mass is 9.91. The average molecular weight is 270 g/mol. The molecule has 2 aliphatic heterocycles. The molecule has 110 valence electrons. The fraction of sp³-hybridized carbons (Fsp3) is 0.929. The van der Waals surface area contributed by atoms with E-state index >= 15 is 0 Å². The first-order valence-corrected chi connectivity index (χ1v) is 7.11. The zero-order chi connectivity index (χ0) is 14.3. The van der Waals surface area contributed by atoms with Crippen molar-refractivity contribution in [3.05, 3.63) is 0 Å². The number of hydrogen-bond donors (Lipinski definition) is 1. The quantitative estimate of drug-likeness (QED) is 0.783. The van der Waals surface area contributed by atoms with E-state index in [0.717, 1.165) is 39.0 Å². The van der Waals surface area contributed by atoms with Crippen LogP contribution in [0.1, 0.15) is 40.5 Å². The molecule has 5 heteroatoms. The topological polar surface area (TPSA) is 53.0 Å². The Kier molecular flexibility index (Phi) is 3.80. The second kappa shape index (κ2) is 4.94. The number of carbonyl (C=O) groups excluding carboxylic acids is 1. The standard InChI is InChI=1S/C14H26N2O3/c1-13(2,3)19-12(17)15-7-5-11(6-8-15)16-9-14(4,18)10-16/h11,18H,5-10H2,1-4H3. The van der Waals surface area contributed by atoms with Gasteiger partial charge in [0.1, 0.15) is 5.60 Å². The highest BCUT2D eigenvalue weighted by Crippen LogP contribution is 2.27. The number of likely N-dealkylation sites (tertiary alicyclic amines) is 2. The van der Waals surface area contributed by atoms with Gasteiger partial charge in [-0.15, -0.1) is 0 Å². The summed E-state index contributed by atoms with van der Waals surface area (Å²) in [6.07, 6.45) is 1.73. The summed E-state index contributed by atoms with van der Waals surface area (Å²) in [6.45, 7) is 10.5. The van der Waals surface area contributed by atoms with Gasteiger partial charge in [-0.1, -0.05) is 0 Å². The van der Waals surface area contributed by atoms with Gasteiger partial charge in [-0.3, -0.25) is 4.90 Å². The number of nitrogens with zero attached hydrogens (tertiary/aromatic N) is 2. The van der Waals surface area contributed by atoms with Gasteiger partial charge < -0.3 is 14.7 Å². The van der Waals surface area contributed by atoms with E-state index in [1.54, 1.807) is 4.90 Å². The molecule has 19 heavy (non-hydrogen) atoms. The van der Waals surface area contributed by atoms with E-state index in [-0.39, 0.29) is 6.09 Å². The van der Waals surface area contributed by atoms with Crippen LogP contribution in [0.4, 0.5) is 4.79 Å². The molecule has 0 unspecified atom stereocenters. The summed E-state index contributed by atoms with van der Waals surface area (Å²) < 4.78 is 5.38. The Hall–Kier alpha value is -0.810. The van der Waals surface area contributed by atoms with Gasteiger partial charge in [-0.2, -0.15) is 0 Å². The van der Waals surface area contributed by atoms with E-state index in [1.807, 2.05) is 27.7 Å². The molecule has 5 nitrogen and oxygen atoms in total. The number of piperidine rings is 1. The number of carbonyl (C=O) groups is 1. The monoisotopic (exact) mass is 270 g/mol. The van der Waals surface area contributed by atoms with Crippen molar-refractivity contribution < 1.29 is 14.6 Å². The minimum Gasteiger partial charge on any atom is -0.444 e. The Morgan fingerprint density at radius 1 is 1.26 bits per heavy atom. The van der Waals surface area contributed by atoms with E-state index < -0.39 is 11.2 Å². The van der Waals surface area contributed by atoms with Gasteiger partial charge in [0.2, 0.25) is 0 Å². The van der Waals surface area contributed by atoms with Gasteiger partial charge in [0, 0.05) is 32.2 Å². The van der Waals surface area contributed by atoms with Crippen LogP contribution in [0.5, 0.6) is 0 Å². The lowest BCUT2D eigenvalue weighted by Gasteiger charge is -2.50. The molecule has 1 amide bonds. The first-order valence-electron chi connectivity index (χ1n) is 7.11. The molecule has 0 spiro atoms. The number of β-amino-alcohol motifs (C(OH)–C–C–N with tert-alkyl or cyclic N) is 1. The molecule has 0 bridgehead atoms. The summed E-state index contributed by atoms with van der Waals surface area (Å²) >= 11 is 0. The fourth-order valence-electron chi connectivity index (χ4n) is 2.83. The number of amides is 1. The highest BCUT2D eigenvalue weighted by atomic mass is 16.6. The van der Waals surface area contributed by atoms with Gasteiger partial charge in [0.15, 0.2) is 0 Å². The molecule has 2 fully saturated rings. The van der Waals surface area contributed by atoms with Crippen LogP contribution in [0.2, 0.25) is 0 Å². The van der Waals surface area contributed by atoms with Crippen molar-refractivity contribution in [2.75, 3.05) is 26.2 Å². The van der Waals surface area contributed by atoms with Gasteiger partial charge in [0.25, 0.3) is 0 Å². The first-order chi connectivity index (χ1) is 8.66. The Morgan fingerprint density at radius 3 is 2.21 bits per heavy atom. The molecule has 2 rings (SSSR count).